The molecule has 31 heavy (non-hydrogen) atoms. The summed E-state index contributed by atoms with van der Waals surface area (Å²) in [6.07, 6.45) is 0.226. The van der Waals surface area contributed by atoms with E-state index in [1.807, 2.05) is 54.6 Å². The second-order valence-corrected chi connectivity index (χ2v) is 10.1. The van der Waals surface area contributed by atoms with E-state index in [4.69, 9.17) is 0 Å². The average molecular weight is 437 g/mol. The second-order valence-electron chi connectivity index (χ2n) is 8.48. The zero-order valence-corrected chi connectivity index (χ0v) is 18.9. The van der Waals surface area contributed by atoms with Gasteiger partial charge in [-0.2, -0.15) is 0 Å². The van der Waals surface area contributed by atoms with Crippen molar-refractivity contribution in [3.05, 3.63) is 90.0 Å². The summed E-state index contributed by atoms with van der Waals surface area (Å²) in [7, 11) is -3.69. The van der Waals surface area contributed by atoms with Crippen LogP contribution in [0.3, 0.4) is 0 Å². The van der Waals surface area contributed by atoms with Crippen molar-refractivity contribution in [1.29, 1.82) is 0 Å². The van der Waals surface area contributed by atoms with E-state index in [0.29, 0.717) is 5.56 Å². The van der Waals surface area contributed by atoms with Gasteiger partial charge in [0.15, 0.2) is 0 Å². The highest BCUT2D eigenvalue weighted by Gasteiger charge is 2.24. The molecule has 0 aliphatic carbocycles. The monoisotopic (exact) mass is 436 g/mol. The van der Waals surface area contributed by atoms with Crippen LogP contribution in [0, 0.1) is 0 Å². The molecule has 1 amide bonds. The smallest absolute Gasteiger partial charge is 0.241 e. The summed E-state index contributed by atoms with van der Waals surface area (Å²) in [5.74, 6) is -0.163. The largest absolute Gasteiger partial charge is 0.352 e. The summed E-state index contributed by atoms with van der Waals surface area (Å²) in [6.45, 7) is 5.51. The van der Waals surface area contributed by atoms with Crippen LogP contribution in [-0.4, -0.2) is 19.9 Å². The van der Waals surface area contributed by atoms with Crippen LogP contribution in [0.15, 0.2) is 83.8 Å². The molecule has 2 N–H and O–H groups in total. The first kappa shape index (κ1) is 22.7. The third kappa shape index (κ3) is 6.51. The van der Waals surface area contributed by atoms with Gasteiger partial charge < -0.3 is 5.32 Å². The van der Waals surface area contributed by atoms with Gasteiger partial charge in [0.2, 0.25) is 15.9 Å². The SMILES string of the molecule is CC(C)(C)NS(=O)(=O)c1ccccc1CNC(=O)Cc1ccc(-c2ccccc2)cc1. The zero-order chi connectivity index (χ0) is 22.5. The van der Waals surface area contributed by atoms with E-state index in [1.165, 1.54) is 0 Å². The first-order valence-electron chi connectivity index (χ1n) is 10.2. The molecule has 0 aliphatic heterocycles. The first-order chi connectivity index (χ1) is 14.6. The van der Waals surface area contributed by atoms with Crippen molar-refractivity contribution < 1.29 is 13.2 Å². The van der Waals surface area contributed by atoms with E-state index in [-0.39, 0.29) is 23.8 Å². The van der Waals surface area contributed by atoms with Crippen molar-refractivity contribution in [2.75, 3.05) is 0 Å². The Balaban J connectivity index is 1.64. The highest BCUT2D eigenvalue weighted by Crippen LogP contribution is 2.20. The topological polar surface area (TPSA) is 75.3 Å². The second kappa shape index (κ2) is 9.45. The normalized spacial score (nSPS) is 11.8. The summed E-state index contributed by atoms with van der Waals surface area (Å²) in [5.41, 5.74) is 3.07. The molecule has 0 radical (unpaired) electrons. The number of carbonyl (C=O) groups is 1. The minimum atomic E-state index is -3.69. The number of benzene rings is 3. The Morgan fingerprint density at radius 3 is 2.03 bits per heavy atom. The molecule has 162 valence electrons. The van der Waals surface area contributed by atoms with E-state index < -0.39 is 15.6 Å². The van der Waals surface area contributed by atoms with Crippen LogP contribution in [0.4, 0.5) is 0 Å². The van der Waals surface area contributed by atoms with Crippen LogP contribution in [0.2, 0.25) is 0 Å². The standard InChI is InChI=1S/C25H28N2O3S/c1-25(2,3)27-31(29,30)23-12-8-7-11-22(23)18-26-24(28)17-19-13-15-21(16-14-19)20-9-5-4-6-10-20/h4-16,27H,17-18H2,1-3H3,(H,26,28). The van der Waals surface area contributed by atoms with Crippen molar-refractivity contribution in [3.8, 4) is 11.1 Å². The number of nitrogens with one attached hydrogen (secondary N) is 2. The molecule has 0 aliphatic rings. The summed E-state index contributed by atoms with van der Waals surface area (Å²) < 4.78 is 28.1. The number of sulfonamides is 1. The van der Waals surface area contributed by atoms with E-state index in [9.17, 15) is 13.2 Å². The zero-order valence-electron chi connectivity index (χ0n) is 18.1. The third-order valence-corrected chi connectivity index (χ3v) is 6.46. The van der Waals surface area contributed by atoms with Gasteiger partial charge in [0, 0.05) is 12.1 Å². The van der Waals surface area contributed by atoms with Crippen molar-refractivity contribution in [3.63, 3.8) is 0 Å². The average Bonchev–Trinajstić information content (AvgIpc) is 2.72. The van der Waals surface area contributed by atoms with Crippen molar-refractivity contribution in [2.24, 2.45) is 0 Å². The maximum Gasteiger partial charge on any atom is 0.241 e. The van der Waals surface area contributed by atoms with E-state index in [0.717, 1.165) is 16.7 Å². The van der Waals surface area contributed by atoms with Crippen LogP contribution < -0.4 is 10.0 Å². The van der Waals surface area contributed by atoms with Gasteiger partial charge >= 0.3 is 0 Å². The van der Waals surface area contributed by atoms with Crippen LogP contribution in [0.5, 0.6) is 0 Å². The Kier molecular flexibility index (Phi) is 6.93. The van der Waals surface area contributed by atoms with E-state index in [1.54, 1.807) is 45.0 Å². The fourth-order valence-corrected chi connectivity index (χ4v) is 4.92. The molecule has 0 saturated carbocycles. The lowest BCUT2D eigenvalue weighted by Gasteiger charge is -2.21. The van der Waals surface area contributed by atoms with Crippen molar-refractivity contribution >= 4 is 15.9 Å². The van der Waals surface area contributed by atoms with Crippen LogP contribution in [0.1, 0.15) is 31.9 Å². The summed E-state index contributed by atoms with van der Waals surface area (Å²) in [5, 5.41) is 2.84. The molecular weight excluding hydrogens is 408 g/mol. The molecule has 6 heteroatoms. The van der Waals surface area contributed by atoms with Crippen LogP contribution in [-0.2, 0) is 27.8 Å². The minimum Gasteiger partial charge on any atom is -0.352 e. The highest BCUT2D eigenvalue weighted by atomic mass is 32.2. The minimum absolute atomic E-state index is 0.141. The van der Waals surface area contributed by atoms with Gasteiger partial charge in [0.1, 0.15) is 0 Å². The van der Waals surface area contributed by atoms with Gasteiger partial charge in [-0.3, -0.25) is 4.79 Å². The van der Waals surface area contributed by atoms with Crippen LogP contribution >= 0.6 is 0 Å². The van der Waals surface area contributed by atoms with Gasteiger partial charge in [-0.25, -0.2) is 13.1 Å². The predicted octanol–water partition coefficient (Wildman–Crippen LogP) is 4.29. The number of hydrogen-bond acceptors (Lipinski definition) is 3. The predicted molar refractivity (Wildman–Crippen MR) is 124 cm³/mol. The van der Waals surface area contributed by atoms with E-state index in [2.05, 4.69) is 10.0 Å². The summed E-state index contributed by atoms with van der Waals surface area (Å²) in [4.78, 5) is 12.6. The fraction of sp³-hybridized carbons (Fsp3) is 0.240. The number of carbonyl (C=O) groups excluding carboxylic acids is 1. The first-order valence-corrected chi connectivity index (χ1v) is 11.7. The maximum atomic E-state index is 12.7. The van der Waals surface area contributed by atoms with E-state index >= 15 is 0 Å². The summed E-state index contributed by atoms with van der Waals surface area (Å²) >= 11 is 0. The Morgan fingerprint density at radius 2 is 1.39 bits per heavy atom. The van der Waals surface area contributed by atoms with Gasteiger partial charge in [0.05, 0.1) is 11.3 Å². The molecule has 3 rings (SSSR count). The van der Waals surface area contributed by atoms with Crippen LogP contribution in [0.25, 0.3) is 11.1 Å². The molecule has 0 heterocycles. The van der Waals surface area contributed by atoms with Gasteiger partial charge in [-0.05, 0) is 49.1 Å². The van der Waals surface area contributed by atoms with Gasteiger partial charge in [0.25, 0.3) is 0 Å². The molecule has 3 aromatic carbocycles. The van der Waals surface area contributed by atoms with Gasteiger partial charge in [-0.1, -0.05) is 72.8 Å². The van der Waals surface area contributed by atoms with Crippen molar-refractivity contribution in [2.45, 2.75) is 44.2 Å². The molecule has 0 bridgehead atoms. The quantitative estimate of drug-likeness (QED) is 0.580. The molecule has 0 atom stereocenters. The number of rotatable bonds is 7. The lowest BCUT2D eigenvalue weighted by Crippen LogP contribution is -2.41. The lowest BCUT2D eigenvalue weighted by atomic mass is 10.0. The third-order valence-electron chi connectivity index (χ3n) is 4.60. The Hall–Kier alpha value is -2.96. The van der Waals surface area contributed by atoms with Gasteiger partial charge in [-0.15, -0.1) is 0 Å². The number of hydrogen-bond donors (Lipinski definition) is 2. The molecule has 0 unspecified atom stereocenters. The Labute approximate surface area is 184 Å². The number of amides is 1. The van der Waals surface area contributed by atoms with Crippen molar-refractivity contribution in [1.82, 2.24) is 10.0 Å². The Morgan fingerprint density at radius 1 is 0.806 bits per heavy atom. The molecule has 0 fully saturated rings. The lowest BCUT2D eigenvalue weighted by molar-refractivity contribution is -0.120. The fourth-order valence-electron chi connectivity index (χ4n) is 3.26. The maximum absolute atomic E-state index is 12.7. The molecular formula is C25H28N2O3S. The molecule has 5 nitrogen and oxygen atoms in total. The highest BCUT2D eigenvalue weighted by molar-refractivity contribution is 7.89. The molecule has 0 aromatic heterocycles. The molecule has 3 aromatic rings. The molecule has 0 spiro atoms. The Bertz CT molecular complexity index is 1130. The molecule has 0 saturated heterocycles. The summed E-state index contributed by atoms with van der Waals surface area (Å²) in [6, 6.07) is 24.6.